The summed E-state index contributed by atoms with van der Waals surface area (Å²) in [7, 11) is 2.01. The van der Waals surface area contributed by atoms with Crippen LogP contribution in [0.4, 0.5) is 10.8 Å². The topological polar surface area (TPSA) is 71.0 Å². The Morgan fingerprint density at radius 3 is 2.50 bits per heavy atom. The number of hydrogen-bond acceptors (Lipinski definition) is 6. The minimum absolute atomic E-state index is 0.196. The molecule has 0 aliphatic heterocycles. The predicted molar refractivity (Wildman–Crippen MR) is 96.5 cm³/mol. The van der Waals surface area contributed by atoms with Gasteiger partial charge in [-0.15, -0.1) is 10.2 Å². The van der Waals surface area contributed by atoms with Crippen LogP contribution in [0.1, 0.15) is 17.3 Å². The normalized spacial score (nSPS) is 10.4. The van der Waals surface area contributed by atoms with E-state index in [-0.39, 0.29) is 5.91 Å². The van der Waals surface area contributed by atoms with E-state index in [0.29, 0.717) is 10.7 Å². The first-order valence-electron chi connectivity index (χ1n) is 7.54. The van der Waals surface area contributed by atoms with Crippen molar-refractivity contribution >= 4 is 28.1 Å². The fraction of sp³-hybridized carbons (Fsp3) is 0.176. The van der Waals surface area contributed by atoms with E-state index in [1.165, 1.54) is 11.3 Å². The second kappa shape index (κ2) is 7.18. The maximum atomic E-state index is 12.3. The fourth-order valence-corrected chi connectivity index (χ4v) is 2.85. The van der Waals surface area contributed by atoms with Crippen LogP contribution >= 0.6 is 11.3 Å². The van der Waals surface area contributed by atoms with Crippen LogP contribution in [0.5, 0.6) is 0 Å². The molecule has 0 aliphatic carbocycles. The summed E-state index contributed by atoms with van der Waals surface area (Å²) in [6.07, 6.45) is 3.40. The van der Waals surface area contributed by atoms with Gasteiger partial charge in [-0.1, -0.05) is 11.3 Å². The Morgan fingerprint density at radius 2 is 1.83 bits per heavy atom. The highest BCUT2D eigenvalue weighted by atomic mass is 32.1. The average molecular weight is 339 g/mol. The summed E-state index contributed by atoms with van der Waals surface area (Å²) >= 11 is 1.33. The molecular weight excluding hydrogens is 322 g/mol. The Morgan fingerprint density at radius 1 is 1.12 bits per heavy atom. The van der Waals surface area contributed by atoms with E-state index in [1.54, 1.807) is 12.4 Å². The van der Waals surface area contributed by atoms with Gasteiger partial charge in [0.25, 0.3) is 5.91 Å². The van der Waals surface area contributed by atoms with Gasteiger partial charge in [0.05, 0.1) is 0 Å². The number of anilines is 2. The Labute approximate surface area is 144 Å². The van der Waals surface area contributed by atoms with Crippen molar-refractivity contribution in [2.75, 3.05) is 23.8 Å². The largest absolute Gasteiger partial charge is 0.375 e. The Kier molecular flexibility index (Phi) is 4.81. The zero-order chi connectivity index (χ0) is 16.9. The van der Waals surface area contributed by atoms with Crippen LogP contribution in [-0.4, -0.2) is 34.7 Å². The van der Waals surface area contributed by atoms with Crippen molar-refractivity contribution in [3.8, 4) is 10.6 Å². The molecule has 0 saturated heterocycles. The van der Waals surface area contributed by atoms with Gasteiger partial charge in [-0.3, -0.25) is 15.1 Å². The molecule has 24 heavy (non-hydrogen) atoms. The first-order valence-corrected chi connectivity index (χ1v) is 8.35. The van der Waals surface area contributed by atoms with E-state index in [9.17, 15) is 4.79 Å². The summed E-state index contributed by atoms with van der Waals surface area (Å²) in [6, 6.07) is 11.2. The highest BCUT2D eigenvalue weighted by Crippen LogP contribution is 2.26. The van der Waals surface area contributed by atoms with Gasteiger partial charge in [-0.05, 0) is 43.3 Å². The van der Waals surface area contributed by atoms with E-state index in [2.05, 4.69) is 32.3 Å². The highest BCUT2D eigenvalue weighted by molar-refractivity contribution is 7.18. The standard InChI is InChI=1S/C17H17N5OS/c1-3-22(2)14-6-4-12(5-7-14)15(23)19-17-21-20-16(24-17)13-8-10-18-11-9-13/h4-11H,3H2,1-2H3,(H,19,21,23). The van der Waals surface area contributed by atoms with E-state index < -0.39 is 0 Å². The third-order valence-corrected chi connectivity index (χ3v) is 4.51. The van der Waals surface area contributed by atoms with Crippen molar-refractivity contribution in [1.29, 1.82) is 0 Å². The number of pyridine rings is 1. The van der Waals surface area contributed by atoms with Crippen molar-refractivity contribution < 1.29 is 4.79 Å². The number of nitrogens with one attached hydrogen (secondary N) is 1. The molecule has 3 aromatic rings. The van der Waals surface area contributed by atoms with Gasteiger partial charge in [0.1, 0.15) is 5.01 Å². The highest BCUT2D eigenvalue weighted by Gasteiger charge is 2.11. The summed E-state index contributed by atoms with van der Waals surface area (Å²) in [6.45, 7) is 2.99. The molecule has 0 atom stereocenters. The Bertz CT molecular complexity index is 817. The monoisotopic (exact) mass is 339 g/mol. The number of amides is 1. The minimum atomic E-state index is -0.196. The molecule has 0 radical (unpaired) electrons. The molecule has 0 spiro atoms. The lowest BCUT2D eigenvalue weighted by molar-refractivity contribution is 0.102. The quantitative estimate of drug-likeness (QED) is 0.772. The van der Waals surface area contributed by atoms with E-state index >= 15 is 0 Å². The van der Waals surface area contributed by atoms with Crippen molar-refractivity contribution in [1.82, 2.24) is 15.2 Å². The Hall–Kier alpha value is -2.80. The summed E-state index contributed by atoms with van der Waals surface area (Å²) in [4.78, 5) is 18.4. The molecule has 0 aliphatic rings. The lowest BCUT2D eigenvalue weighted by atomic mass is 10.2. The van der Waals surface area contributed by atoms with Gasteiger partial charge in [-0.2, -0.15) is 0 Å². The molecule has 6 nitrogen and oxygen atoms in total. The lowest BCUT2D eigenvalue weighted by Gasteiger charge is -2.16. The summed E-state index contributed by atoms with van der Waals surface area (Å²) in [5.41, 5.74) is 2.59. The van der Waals surface area contributed by atoms with Crippen LogP contribution in [0.2, 0.25) is 0 Å². The van der Waals surface area contributed by atoms with Gasteiger partial charge >= 0.3 is 0 Å². The van der Waals surface area contributed by atoms with Crippen molar-refractivity contribution in [3.05, 3.63) is 54.4 Å². The smallest absolute Gasteiger partial charge is 0.257 e. The second-order valence-corrected chi connectivity index (χ2v) is 6.14. The lowest BCUT2D eigenvalue weighted by Crippen LogP contribution is -2.16. The van der Waals surface area contributed by atoms with Crippen LogP contribution in [0.25, 0.3) is 10.6 Å². The van der Waals surface area contributed by atoms with Crippen LogP contribution in [0, 0.1) is 0 Å². The van der Waals surface area contributed by atoms with Crippen molar-refractivity contribution in [3.63, 3.8) is 0 Å². The minimum Gasteiger partial charge on any atom is -0.375 e. The first kappa shape index (κ1) is 16.1. The number of carbonyl (C=O) groups excluding carboxylic acids is 1. The summed E-state index contributed by atoms with van der Waals surface area (Å²) in [5.74, 6) is -0.196. The molecule has 0 unspecified atom stereocenters. The van der Waals surface area contributed by atoms with Gasteiger partial charge < -0.3 is 4.90 Å². The average Bonchev–Trinajstić information content (AvgIpc) is 3.10. The van der Waals surface area contributed by atoms with E-state index in [1.807, 2.05) is 43.4 Å². The zero-order valence-corrected chi connectivity index (χ0v) is 14.2. The molecule has 2 aromatic heterocycles. The summed E-state index contributed by atoms with van der Waals surface area (Å²) in [5, 5.41) is 12.1. The van der Waals surface area contributed by atoms with E-state index in [0.717, 1.165) is 22.8 Å². The first-order chi connectivity index (χ1) is 11.7. The SMILES string of the molecule is CCN(C)c1ccc(C(=O)Nc2nnc(-c3ccncc3)s2)cc1. The van der Waals surface area contributed by atoms with Gasteiger partial charge in [0, 0.05) is 42.8 Å². The molecule has 122 valence electrons. The summed E-state index contributed by atoms with van der Waals surface area (Å²) < 4.78 is 0. The maximum absolute atomic E-state index is 12.3. The molecule has 0 saturated carbocycles. The van der Waals surface area contributed by atoms with Crippen molar-refractivity contribution in [2.45, 2.75) is 6.92 Å². The Balaban J connectivity index is 1.70. The molecule has 1 N–H and O–H groups in total. The number of nitrogens with zero attached hydrogens (tertiary/aromatic N) is 4. The fourth-order valence-electron chi connectivity index (χ4n) is 2.10. The van der Waals surface area contributed by atoms with Gasteiger partial charge in [-0.25, -0.2) is 0 Å². The van der Waals surface area contributed by atoms with E-state index in [4.69, 9.17) is 0 Å². The molecule has 0 bridgehead atoms. The molecule has 2 heterocycles. The number of benzene rings is 1. The molecule has 1 amide bonds. The maximum Gasteiger partial charge on any atom is 0.257 e. The van der Waals surface area contributed by atoms with Crippen LogP contribution in [-0.2, 0) is 0 Å². The number of aromatic nitrogens is 3. The third-order valence-electron chi connectivity index (χ3n) is 3.62. The molecule has 3 rings (SSSR count). The van der Waals surface area contributed by atoms with Crippen LogP contribution in [0.3, 0.4) is 0 Å². The molecular formula is C17H17N5OS. The predicted octanol–water partition coefficient (Wildman–Crippen LogP) is 3.31. The number of rotatable bonds is 5. The van der Waals surface area contributed by atoms with Crippen LogP contribution < -0.4 is 10.2 Å². The van der Waals surface area contributed by atoms with Crippen LogP contribution in [0.15, 0.2) is 48.8 Å². The number of hydrogen-bond donors (Lipinski definition) is 1. The molecule has 0 fully saturated rings. The molecule has 1 aromatic carbocycles. The van der Waals surface area contributed by atoms with Gasteiger partial charge in [0.2, 0.25) is 5.13 Å². The van der Waals surface area contributed by atoms with Crippen molar-refractivity contribution in [2.24, 2.45) is 0 Å². The number of carbonyl (C=O) groups is 1. The molecule has 7 heteroatoms. The zero-order valence-electron chi connectivity index (χ0n) is 13.4. The van der Waals surface area contributed by atoms with Gasteiger partial charge in [0.15, 0.2) is 0 Å². The second-order valence-electron chi connectivity index (χ2n) is 5.16. The third kappa shape index (κ3) is 3.57.